The number of fused-ring (bicyclic) bond motifs is 3. The van der Waals surface area contributed by atoms with Gasteiger partial charge in [-0.25, -0.2) is 17.8 Å². The summed E-state index contributed by atoms with van der Waals surface area (Å²) in [6, 6.07) is 20.6. The van der Waals surface area contributed by atoms with Crippen LogP contribution in [0, 0.1) is 5.82 Å². The van der Waals surface area contributed by atoms with Gasteiger partial charge in [0.25, 0.3) is 10.0 Å². The van der Waals surface area contributed by atoms with E-state index in [1.807, 2.05) is 12.1 Å². The summed E-state index contributed by atoms with van der Waals surface area (Å²) in [7, 11) is -3.80. The average molecular weight is 451 g/mol. The Hall–Kier alpha value is -3.23. The van der Waals surface area contributed by atoms with Crippen LogP contribution in [0.3, 0.4) is 0 Å². The van der Waals surface area contributed by atoms with Crippen LogP contribution in [0.5, 0.6) is 0 Å². The molecule has 0 fully saturated rings. The molecule has 0 aliphatic carbocycles. The zero-order chi connectivity index (χ0) is 22.1. The molecule has 1 aliphatic heterocycles. The number of hydrogen-bond donors (Lipinski definition) is 1. The lowest BCUT2D eigenvalue weighted by molar-refractivity contribution is 0.222. The minimum atomic E-state index is -3.80. The molecule has 8 heteroatoms. The summed E-state index contributed by atoms with van der Waals surface area (Å²) in [6.45, 7) is 3.53. The first kappa shape index (κ1) is 20.7. The van der Waals surface area contributed by atoms with Gasteiger partial charge in [-0.05, 0) is 54.4 Å². The first-order valence-corrected chi connectivity index (χ1v) is 12.0. The first-order valence-electron chi connectivity index (χ1n) is 10.5. The number of sulfonamides is 1. The first-order chi connectivity index (χ1) is 15.5. The zero-order valence-electron chi connectivity index (χ0n) is 17.4. The molecular weight excluding hydrogens is 427 g/mol. The lowest BCUT2D eigenvalue weighted by atomic mass is 10.1. The van der Waals surface area contributed by atoms with Gasteiger partial charge in [0.1, 0.15) is 11.6 Å². The topological polar surface area (TPSA) is 67.2 Å². The second-order valence-electron chi connectivity index (χ2n) is 7.95. The van der Waals surface area contributed by atoms with E-state index in [9.17, 15) is 12.8 Å². The molecule has 32 heavy (non-hydrogen) atoms. The van der Waals surface area contributed by atoms with Crippen molar-refractivity contribution in [2.24, 2.45) is 0 Å². The fourth-order valence-corrected chi connectivity index (χ4v) is 5.13. The van der Waals surface area contributed by atoms with Gasteiger partial charge in [-0.15, -0.1) is 0 Å². The quantitative estimate of drug-likeness (QED) is 0.482. The number of rotatable bonds is 6. The highest BCUT2D eigenvalue weighted by Gasteiger charge is 2.21. The highest BCUT2D eigenvalue weighted by Crippen LogP contribution is 2.25. The van der Waals surface area contributed by atoms with Gasteiger partial charge in [0.05, 0.1) is 28.2 Å². The summed E-state index contributed by atoms with van der Waals surface area (Å²) in [5, 5.41) is 0. The van der Waals surface area contributed by atoms with Crippen LogP contribution in [0.4, 0.5) is 10.1 Å². The molecule has 3 aromatic carbocycles. The van der Waals surface area contributed by atoms with E-state index in [1.54, 1.807) is 12.1 Å². The van der Waals surface area contributed by atoms with Crippen molar-refractivity contribution in [2.75, 3.05) is 17.8 Å². The largest absolute Gasteiger partial charge is 0.326 e. The molecule has 0 saturated heterocycles. The standard InChI is InChI=1S/C24H23FN4O2S/c25-19-6-9-21(10-7-19)32(30,31)27-20-8-11-23-22(16-20)26-24-17-28(14-15-29(23)24)13-12-18-4-2-1-3-5-18/h1-11,16,27H,12-15,17H2. The van der Waals surface area contributed by atoms with Crippen molar-refractivity contribution in [2.45, 2.75) is 24.4 Å². The Bertz CT molecular complexity index is 1350. The molecule has 0 spiro atoms. The number of benzene rings is 3. The van der Waals surface area contributed by atoms with Crippen LogP contribution >= 0.6 is 0 Å². The van der Waals surface area contributed by atoms with Gasteiger partial charge >= 0.3 is 0 Å². The van der Waals surface area contributed by atoms with Gasteiger partial charge in [-0.3, -0.25) is 9.62 Å². The molecular formula is C24H23FN4O2S. The van der Waals surface area contributed by atoms with Crippen molar-refractivity contribution in [3.63, 3.8) is 0 Å². The number of nitrogens with one attached hydrogen (secondary N) is 1. The molecule has 6 nitrogen and oxygen atoms in total. The van der Waals surface area contributed by atoms with Gasteiger partial charge in [0.15, 0.2) is 0 Å². The maximum absolute atomic E-state index is 13.1. The molecule has 0 radical (unpaired) electrons. The van der Waals surface area contributed by atoms with Gasteiger partial charge < -0.3 is 4.57 Å². The van der Waals surface area contributed by atoms with Crippen molar-refractivity contribution in [1.29, 1.82) is 0 Å². The Labute approximate surface area is 186 Å². The van der Waals surface area contributed by atoms with E-state index in [4.69, 9.17) is 4.98 Å². The minimum Gasteiger partial charge on any atom is -0.326 e. The average Bonchev–Trinajstić information content (AvgIpc) is 3.15. The zero-order valence-corrected chi connectivity index (χ0v) is 18.2. The fraction of sp³-hybridized carbons (Fsp3) is 0.208. The van der Waals surface area contributed by atoms with E-state index in [0.717, 1.165) is 61.6 Å². The highest BCUT2D eigenvalue weighted by molar-refractivity contribution is 7.92. The molecule has 5 rings (SSSR count). The number of halogens is 1. The van der Waals surface area contributed by atoms with Crippen molar-refractivity contribution in [3.05, 3.63) is 90.0 Å². The summed E-state index contributed by atoms with van der Waals surface area (Å²) >= 11 is 0. The third kappa shape index (κ3) is 4.24. The van der Waals surface area contributed by atoms with Crippen LogP contribution in [0.15, 0.2) is 77.7 Å². The van der Waals surface area contributed by atoms with E-state index in [1.165, 1.54) is 17.7 Å². The van der Waals surface area contributed by atoms with E-state index in [-0.39, 0.29) is 4.90 Å². The molecule has 0 saturated carbocycles. The maximum atomic E-state index is 13.1. The minimum absolute atomic E-state index is 0.0113. The molecule has 4 aromatic rings. The second kappa shape index (κ2) is 8.37. The Morgan fingerprint density at radius 3 is 2.53 bits per heavy atom. The number of aromatic nitrogens is 2. The van der Waals surface area contributed by atoms with Crippen LogP contribution in [0.2, 0.25) is 0 Å². The summed E-state index contributed by atoms with van der Waals surface area (Å²) in [5.74, 6) is 0.504. The molecule has 0 bridgehead atoms. The van der Waals surface area contributed by atoms with E-state index in [2.05, 4.69) is 38.5 Å². The summed E-state index contributed by atoms with van der Waals surface area (Å²) in [5.41, 5.74) is 3.50. The predicted octanol–water partition coefficient (Wildman–Crippen LogP) is 4.03. The number of nitrogens with zero attached hydrogens (tertiary/aromatic N) is 3. The molecule has 1 N–H and O–H groups in total. The Balaban J connectivity index is 1.32. The third-order valence-electron chi connectivity index (χ3n) is 5.77. The maximum Gasteiger partial charge on any atom is 0.261 e. The van der Waals surface area contributed by atoms with Gasteiger partial charge in [-0.1, -0.05) is 30.3 Å². The molecule has 0 unspecified atom stereocenters. The third-order valence-corrected chi connectivity index (χ3v) is 7.17. The number of hydrogen-bond acceptors (Lipinski definition) is 4. The Kier molecular flexibility index (Phi) is 5.40. The summed E-state index contributed by atoms with van der Waals surface area (Å²) < 4.78 is 43.1. The SMILES string of the molecule is O=S(=O)(Nc1ccc2c(c1)nc1n2CCN(CCc2ccccc2)C1)c1ccc(F)cc1. The molecule has 2 heterocycles. The smallest absolute Gasteiger partial charge is 0.261 e. The highest BCUT2D eigenvalue weighted by atomic mass is 32.2. The summed E-state index contributed by atoms with van der Waals surface area (Å²) in [6.07, 6.45) is 0.996. The number of imidazole rings is 1. The van der Waals surface area contributed by atoms with Crippen molar-refractivity contribution in [1.82, 2.24) is 14.5 Å². The Morgan fingerprint density at radius 1 is 0.969 bits per heavy atom. The second-order valence-corrected chi connectivity index (χ2v) is 9.64. The molecule has 1 aliphatic rings. The molecule has 0 atom stereocenters. The molecule has 0 amide bonds. The molecule has 164 valence electrons. The Morgan fingerprint density at radius 2 is 1.75 bits per heavy atom. The van der Waals surface area contributed by atoms with Gasteiger partial charge in [0.2, 0.25) is 0 Å². The van der Waals surface area contributed by atoms with Crippen LogP contribution < -0.4 is 4.72 Å². The van der Waals surface area contributed by atoms with Gasteiger partial charge in [-0.2, -0.15) is 0 Å². The van der Waals surface area contributed by atoms with Crippen LogP contribution in [-0.4, -0.2) is 36.0 Å². The predicted molar refractivity (Wildman–Crippen MR) is 122 cm³/mol. The van der Waals surface area contributed by atoms with E-state index < -0.39 is 15.8 Å². The normalized spacial score (nSPS) is 14.4. The number of anilines is 1. The summed E-state index contributed by atoms with van der Waals surface area (Å²) in [4.78, 5) is 7.18. The lowest BCUT2D eigenvalue weighted by Crippen LogP contribution is -2.35. The monoisotopic (exact) mass is 450 g/mol. The van der Waals surface area contributed by atoms with E-state index >= 15 is 0 Å². The van der Waals surface area contributed by atoms with Crippen molar-refractivity contribution in [3.8, 4) is 0 Å². The lowest BCUT2D eigenvalue weighted by Gasteiger charge is -2.27. The van der Waals surface area contributed by atoms with Crippen molar-refractivity contribution < 1.29 is 12.8 Å². The van der Waals surface area contributed by atoms with E-state index in [0.29, 0.717) is 5.69 Å². The van der Waals surface area contributed by atoms with Crippen LogP contribution in [0.1, 0.15) is 11.4 Å². The van der Waals surface area contributed by atoms with Crippen molar-refractivity contribution >= 4 is 26.7 Å². The van der Waals surface area contributed by atoms with Crippen LogP contribution in [-0.2, 0) is 29.5 Å². The molecule has 1 aromatic heterocycles. The van der Waals surface area contributed by atoms with Gasteiger partial charge in [0, 0.05) is 19.6 Å². The fourth-order valence-electron chi connectivity index (χ4n) is 4.08. The van der Waals surface area contributed by atoms with Crippen LogP contribution in [0.25, 0.3) is 11.0 Å².